The van der Waals surface area contributed by atoms with Crippen molar-refractivity contribution in [2.45, 2.75) is 44.0 Å². The van der Waals surface area contributed by atoms with Crippen LogP contribution in [0.2, 0.25) is 5.02 Å². The lowest BCUT2D eigenvalue weighted by Crippen LogP contribution is -2.14. The third-order valence-electron chi connectivity index (χ3n) is 3.98. The second-order valence-electron chi connectivity index (χ2n) is 7.42. The van der Waals surface area contributed by atoms with Crippen molar-refractivity contribution >= 4 is 23.4 Å². The van der Waals surface area contributed by atoms with Crippen molar-refractivity contribution in [1.29, 1.82) is 0 Å². The molecule has 0 aliphatic heterocycles. The second kappa shape index (κ2) is 8.32. The number of hydrogen-bond donors (Lipinski definition) is 0. The fourth-order valence-corrected chi connectivity index (χ4v) is 3.60. The van der Waals surface area contributed by atoms with Gasteiger partial charge in [0.1, 0.15) is 5.75 Å². The lowest BCUT2D eigenvalue weighted by molar-refractivity contribution is 0.446. The number of aromatic nitrogens is 2. The van der Waals surface area contributed by atoms with E-state index >= 15 is 0 Å². The molecule has 0 bridgehead atoms. The number of benzene rings is 2. The molecule has 0 spiro atoms. The quantitative estimate of drug-likeness (QED) is 0.349. The maximum Gasteiger partial charge on any atom is 0.223 e. The van der Waals surface area contributed by atoms with Crippen LogP contribution in [0.15, 0.2) is 59.8 Å². The smallest absolute Gasteiger partial charge is 0.223 e. The van der Waals surface area contributed by atoms with Gasteiger partial charge in [-0.1, -0.05) is 74.5 Å². The van der Waals surface area contributed by atoms with E-state index in [4.69, 9.17) is 21.3 Å². The summed E-state index contributed by atoms with van der Waals surface area (Å²) in [5.41, 5.74) is 3.05. The van der Waals surface area contributed by atoms with E-state index in [9.17, 15) is 0 Å². The van der Waals surface area contributed by atoms with Crippen molar-refractivity contribution < 1.29 is 4.74 Å². The van der Waals surface area contributed by atoms with Gasteiger partial charge in [-0.2, -0.15) is 4.98 Å². The zero-order chi connectivity index (χ0) is 19.4. The van der Waals surface area contributed by atoms with E-state index in [2.05, 4.69) is 25.8 Å². The maximum atomic E-state index is 6.27. The number of aryl methyl sites for hydroxylation is 1. The van der Waals surface area contributed by atoms with E-state index in [1.165, 1.54) is 0 Å². The summed E-state index contributed by atoms with van der Waals surface area (Å²) in [6.45, 7) is 8.44. The van der Waals surface area contributed by atoms with Crippen LogP contribution in [0.25, 0.3) is 0 Å². The van der Waals surface area contributed by atoms with Gasteiger partial charge in [-0.15, -0.1) is 0 Å². The summed E-state index contributed by atoms with van der Waals surface area (Å²) in [5.74, 6) is 2.04. The van der Waals surface area contributed by atoms with Gasteiger partial charge in [0.25, 0.3) is 0 Å². The predicted molar refractivity (Wildman–Crippen MR) is 113 cm³/mol. The van der Waals surface area contributed by atoms with Gasteiger partial charge in [-0.05, 0) is 36.2 Å². The van der Waals surface area contributed by atoms with Crippen LogP contribution < -0.4 is 4.74 Å². The maximum absolute atomic E-state index is 6.27. The highest BCUT2D eigenvalue weighted by molar-refractivity contribution is 7.98. The molecule has 0 unspecified atom stereocenters. The van der Waals surface area contributed by atoms with Crippen molar-refractivity contribution in [3.63, 3.8) is 0 Å². The Morgan fingerprint density at radius 1 is 1.00 bits per heavy atom. The highest BCUT2D eigenvalue weighted by atomic mass is 35.5. The Kier molecular flexibility index (Phi) is 6.08. The SMILES string of the molecule is Cc1cccc(Oc2cc(C(C)(C)C)nc(SCc3ccccc3Cl)n2)c1. The van der Waals surface area contributed by atoms with Crippen LogP contribution in [-0.2, 0) is 11.2 Å². The molecule has 0 fully saturated rings. The first-order chi connectivity index (χ1) is 12.8. The Hall–Kier alpha value is -2.04. The van der Waals surface area contributed by atoms with Gasteiger partial charge >= 0.3 is 0 Å². The van der Waals surface area contributed by atoms with E-state index < -0.39 is 0 Å². The average molecular weight is 399 g/mol. The van der Waals surface area contributed by atoms with Gasteiger partial charge in [-0.25, -0.2) is 4.98 Å². The van der Waals surface area contributed by atoms with Crippen molar-refractivity contribution in [2.24, 2.45) is 0 Å². The second-order valence-corrected chi connectivity index (χ2v) is 8.77. The van der Waals surface area contributed by atoms with E-state index in [1.807, 2.05) is 61.5 Å². The number of rotatable bonds is 5. The third-order valence-corrected chi connectivity index (χ3v) is 5.24. The molecule has 1 aromatic heterocycles. The summed E-state index contributed by atoms with van der Waals surface area (Å²) in [6, 6.07) is 17.7. The highest BCUT2D eigenvalue weighted by Crippen LogP contribution is 2.31. The molecule has 2 aromatic carbocycles. The van der Waals surface area contributed by atoms with E-state index in [-0.39, 0.29) is 5.41 Å². The number of halogens is 1. The van der Waals surface area contributed by atoms with E-state index in [0.717, 1.165) is 27.6 Å². The Balaban J connectivity index is 1.87. The standard InChI is InChI=1S/C22H23ClN2OS/c1-15-8-7-10-17(12-15)26-20-13-19(22(2,3)4)24-21(25-20)27-14-16-9-5-6-11-18(16)23/h5-13H,14H2,1-4H3. The summed E-state index contributed by atoms with van der Waals surface area (Å²) in [6.07, 6.45) is 0. The zero-order valence-corrected chi connectivity index (χ0v) is 17.6. The van der Waals surface area contributed by atoms with Gasteiger partial charge in [0.2, 0.25) is 5.88 Å². The predicted octanol–water partition coefficient (Wildman–Crippen LogP) is 6.82. The molecular formula is C22H23ClN2OS. The van der Waals surface area contributed by atoms with Crippen LogP contribution in [0, 0.1) is 6.92 Å². The Bertz CT molecular complexity index is 938. The topological polar surface area (TPSA) is 35.0 Å². The molecule has 27 heavy (non-hydrogen) atoms. The van der Waals surface area contributed by atoms with Crippen LogP contribution in [-0.4, -0.2) is 9.97 Å². The van der Waals surface area contributed by atoms with Crippen molar-refractivity contribution in [1.82, 2.24) is 9.97 Å². The van der Waals surface area contributed by atoms with Crippen LogP contribution in [0.3, 0.4) is 0 Å². The van der Waals surface area contributed by atoms with Crippen LogP contribution >= 0.6 is 23.4 Å². The molecule has 140 valence electrons. The van der Waals surface area contributed by atoms with Crippen molar-refractivity contribution in [3.05, 3.63) is 76.4 Å². The third kappa shape index (κ3) is 5.47. The lowest BCUT2D eigenvalue weighted by Gasteiger charge is -2.19. The number of nitrogens with zero attached hydrogens (tertiary/aromatic N) is 2. The molecule has 0 N–H and O–H groups in total. The molecule has 0 amide bonds. The van der Waals surface area contributed by atoms with E-state index in [0.29, 0.717) is 16.8 Å². The van der Waals surface area contributed by atoms with Crippen LogP contribution in [0.4, 0.5) is 0 Å². The summed E-state index contributed by atoms with van der Waals surface area (Å²) in [7, 11) is 0. The Labute approximate surface area is 170 Å². The molecule has 0 saturated heterocycles. The van der Waals surface area contributed by atoms with Crippen molar-refractivity contribution in [3.8, 4) is 11.6 Å². The van der Waals surface area contributed by atoms with Gasteiger partial charge in [0, 0.05) is 22.3 Å². The van der Waals surface area contributed by atoms with Gasteiger partial charge in [0.05, 0.1) is 5.69 Å². The van der Waals surface area contributed by atoms with Gasteiger partial charge in [-0.3, -0.25) is 0 Å². The molecule has 5 heteroatoms. The van der Waals surface area contributed by atoms with Crippen LogP contribution in [0.1, 0.15) is 37.6 Å². The van der Waals surface area contributed by atoms with Gasteiger partial charge in [0.15, 0.2) is 5.16 Å². The van der Waals surface area contributed by atoms with Crippen LogP contribution in [0.5, 0.6) is 11.6 Å². The molecule has 3 rings (SSSR count). The minimum atomic E-state index is -0.104. The first kappa shape index (κ1) is 19.7. The summed E-state index contributed by atoms with van der Waals surface area (Å²) >= 11 is 7.83. The summed E-state index contributed by atoms with van der Waals surface area (Å²) in [4.78, 5) is 9.34. The number of hydrogen-bond acceptors (Lipinski definition) is 4. The largest absolute Gasteiger partial charge is 0.439 e. The summed E-state index contributed by atoms with van der Waals surface area (Å²) in [5, 5.41) is 1.44. The van der Waals surface area contributed by atoms with Crippen molar-refractivity contribution in [2.75, 3.05) is 0 Å². The highest BCUT2D eigenvalue weighted by Gasteiger charge is 2.19. The first-order valence-corrected chi connectivity index (χ1v) is 10.2. The molecule has 0 aliphatic carbocycles. The summed E-state index contributed by atoms with van der Waals surface area (Å²) < 4.78 is 6.02. The molecule has 3 aromatic rings. The average Bonchev–Trinajstić information content (AvgIpc) is 2.60. The molecule has 0 aliphatic rings. The first-order valence-electron chi connectivity index (χ1n) is 8.81. The van der Waals surface area contributed by atoms with E-state index in [1.54, 1.807) is 11.8 Å². The monoisotopic (exact) mass is 398 g/mol. The van der Waals surface area contributed by atoms with Gasteiger partial charge < -0.3 is 4.74 Å². The number of thioether (sulfide) groups is 1. The molecule has 0 atom stereocenters. The molecule has 1 heterocycles. The molecule has 0 saturated carbocycles. The fraction of sp³-hybridized carbons (Fsp3) is 0.273. The fourth-order valence-electron chi connectivity index (χ4n) is 2.46. The molecular weight excluding hydrogens is 376 g/mol. The molecule has 3 nitrogen and oxygen atoms in total. The lowest BCUT2D eigenvalue weighted by atomic mass is 9.92. The molecule has 0 radical (unpaired) electrons. The zero-order valence-electron chi connectivity index (χ0n) is 16.0. The number of ether oxygens (including phenoxy) is 1. The Morgan fingerprint density at radius 3 is 2.48 bits per heavy atom. The Morgan fingerprint density at radius 2 is 1.78 bits per heavy atom. The minimum absolute atomic E-state index is 0.104. The normalized spacial score (nSPS) is 11.4. The minimum Gasteiger partial charge on any atom is -0.439 e.